The number of likely N-dealkylation sites (N-methyl/N-ethyl adjacent to an activating group) is 1. The van der Waals surface area contributed by atoms with Crippen molar-refractivity contribution in [1.82, 2.24) is 5.32 Å². The molecule has 0 aliphatic heterocycles. The molecule has 2 aromatic carbocycles. The van der Waals surface area contributed by atoms with E-state index < -0.39 is 0 Å². The number of nitrogens with one attached hydrogen (secondary N) is 1. The van der Waals surface area contributed by atoms with Crippen LogP contribution in [0.2, 0.25) is 0 Å². The third kappa shape index (κ3) is 4.55. The van der Waals surface area contributed by atoms with E-state index in [0.717, 1.165) is 24.2 Å². The van der Waals surface area contributed by atoms with Crippen molar-refractivity contribution < 1.29 is 9.13 Å². The first-order valence-corrected chi connectivity index (χ1v) is 7.66. The summed E-state index contributed by atoms with van der Waals surface area (Å²) in [6.45, 7) is 0. The first-order valence-electron chi connectivity index (χ1n) is 6.86. The number of ether oxygens (including phenoxy) is 1. The van der Waals surface area contributed by atoms with Gasteiger partial charge in [-0.05, 0) is 71.2 Å². The molecule has 0 fully saturated rings. The molecule has 112 valence electrons. The van der Waals surface area contributed by atoms with Crippen LogP contribution in [0.15, 0.2) is 46.9 Å². The molecule has 21 heavy (non-hydrogen) atoms. The zero-order valence-electron chi connectivity index (χ0n) is 12.2. The van der Waals surface area contributed by atoms with Crippen molar-refractivity contribution in [1.29, 1.82) is 0 Å². The van der Waals surface area contributed by atoms with E-state index in [1.54, 1.807) is 7.11 Å². The molecule has 0 heterocycles. The van der Waals surface area contributed by atoms with E-state index in [2.05, 4.69) is 27.3 Å². The molecule has 0 aromatic heterocycles. The molecule has 0 radical (unpaired) electrons. The lowest BCUT2D eigenvalue weighted by atomic mass is 9.99. The van der Waals surface area contributed by atoms with Crippen molar-refractivity contribution in [2.75, 3.05) is 14.2 Å². The maximum atomic E-state index is 13.3. The second kappa shape index (κ2) is 7.57. The van der Waals surface area contributed by atoms with Crippen LogP contribution in [0, 0.1) is 5.82 Å². The summed E-state index contributed by atoms with van der Waals surface area (Å²) in [6, 6.07) is 13.5. The Labute approximate surface area is 133 Å². The number of benzene rings is 2. The molecule has 1 atom stereocenters. The smallest absolute Gasteiger partial charge is 0.137 e. The van der Waals surface area contributed by atoms with E-state index in [1.807, 2.05) is 37.4 Å². The van der Waals surface area contributed by atoms with E-state index in [1.165, 1.54) is 11.6 Å². The van der Waals surface area contributed by atoms with Crippen molar-refractivity contribution in [2.45, 2.75) is 18.9 Å². The predicted molar refractivity (Wildman–Crippen MR) is 87.3 cm³/mol. The molecule has 0 spiro atoms. The molecule has 0 amide bonds. The number of rotatable bonds is 6. The van der Waals surface area contributed by atoms with Crippen LogP contribution in [0.5, 0.6) is 5.75 Å². The molecular formula is C17H19BrFNO. The highest BCUT2D eigenvalue weighted by Gasteiger charge is 2.10. The summed E-state index contributed by atoms with van der Waals surface area (Å²) in [5, 5.41) is 3.32. The molecule has 2 nitrogen and oxygen atoms in total. The summed E-state index contributed by atoms with van der Waals surface area (Å²) in [7, 11) is 3.62. The number of halogens is 2. The Balaban J connectivity index is 2.07. The fourth-order valence-electron chi connectivity index (χ4n) is 2.31. The molecule has 4 heteroatoms. The van der Waals surface area contributed by atoms with E-state index >= 15 is 0 Å². The second-order valence-electron chi connectivity index (χ2n) is 4.99. The normalized spacial score (nSPS) is 12.2. The van der Waals surface area contributed by atoms with Gasteiger partial charge in [0.25, 0.3) is 0 Å². The van der Waals surface area contributed by atoms with E-state index in [-0.39, 0.29) is 11.9 Å². The fraction of sp³-hybridized carbons (Fsp3) is 0.294. The molecule has 1 N–H and O–H groups in total. The molecule has 2 aromatic rings. The Morgan fingerprint density at radius 2 is 1.86 bits per heavy atom. The van der Waals surface area contributed by atoms with Gasteiger partial charge in [-0.3, -0.25) is 0 Å². The van der Waals surface area contributed by atoms with Crippen LogP contribution in [0.4, 0.5) is 4.39 Å². The summed E-state index contributed by atoms with van der Waals surface area (Å²) >= 11 is 3.23. The summed E-state index contributed by atoms with van der Waals surface area (Å²) in [4.78, 5) is 0. The Kier molecular flexibility index (Phi) is 5.76. The lowest BCUT2D eigenvalue weighted by molar-refractivity contribution is 0.414. The van der Waals surface area contributed by atoms with Crippen LogP contribution in [0.1, 0.15) is 11.1 Å². The van der Waals surface area contributed by atoms with Crippen molar-refractivity contribution in [3.63, 3.8) is 0 Å². The third-order valence-electron chi connectivity index (χ3n) is 3.49. The van der Waals surface area contributed by atoms with Crippen molar-refractivity contribution >= 4 is 15.9 Å². The van der Waals surface area contributed by atoms with Crippen molar-refractivity contribution in [2.24, 2.45) is 0 Å². The Morgan fingerprint density at radius 1 is 1.14 bits per heavy atom. The Morgan fingerprint density at radius 3 is 2.48 bits per heavy atom. The first-order chi connectivity index (χ1) is 10.1. The van der Waals surface area contributed by atoms with Crippen molar-refractivity contribution in [3.05, 3.63) is 63.9 Å². The number of hydrogen-bond acceptors (Lipinski definition) is 2. The topological polar surface area (TPSA) is 21.3 Å². The van der Waals surface area contributed by atoms with Crippen molar-refractivity contribution in [3.8, 4) is 5.75 Å². The average molecular weight is 352 g/mol. The monoisotopic (exact) mass is 351 g/mol. The minimum Gasteiger partial charge on any atom is -0.497 e. The van der Waals surface area contributed by atoms with Gasteiger partial charge in [0.15, 0.2) is 0 Å². The Bertz CT molecular complexity index is 603. The molecule has 0 saturated carbocycles. The maximum Gasteiger partial charge on any atom is 0.137 e. The molecular weight excluding hydrogens is 333 g/mol. The largest absolute Gasteiger partial charge is 0.497 e. The molecule has 0 aliphatic rings. The van der Waals surface area contributed by atoms with Gasteiger partial charge in [-0.2, -0.15) is 0 Å². The van der Waals surface area contributed by atoms with Crippen LogP contribution < -0.4 is 10.1 Å². The standard InChI is InChI=1S/C17H19BrFNO/c1-20-14(8-12-4-3-5-15(10-12)21-2)9-13-6-7-17(19)16(18)11-13/h3-7,10-11,14,20H,8-9H2,1-2H3. The minimum absolute atomic E-state index is 0.229. The van der Waals surface area contributed by atoms with Gasteiger partial charge in [0.1, 0.15) is 11.6 Å². The summed E-state index contributed by atoms with van der Waals surface area (Å²) < 4.78 is 19.0. The highest BCUT2D eigenvalue weighted by atomic mass is 79.9. The van der Waals surface area contributed by atoms with Gasteiger partial charge in [-0.1, -0.05) is 18.2 Å². The van der Waals surface area contributed by atoms with E-state index in [0.29, 0.717) is 4.47 Å². The van der Waals surface area contributed by atoms with Crippen LogP contribution in [0.3, 0.4) is 0 Å². The molecule has 0 bridgehead atoms. The zero-order valence-corrected chi connectivity index (χ0v) is 13.8. The van der Waals surface area contributed by atoms with Crippen LogP contribution in [0.25, 0.3) is 0 Å². The highest BCUT2D eigenvalue weighted by Crippen LogP contribution is 2.19. The lowest BCUT2D eigenvalue weighted by Gasteiger charge is -2.17. The van der Waals surface area contributed by atoms with Gasteiger partial charge in [-0.25, -0.2) is 4.39 Å². The fourth-order valence-corrected chi connectivity index (χ4v) is 2.74. The van der Waals surface area contributed by atoms with E-state index in [4.69, 9.17) is 4.74 Å². The average Bonchev–Trinajstić information content (AvgIpc) is 2.50. The SMILES string of the molecule is CNC(Cc1cccc(OC)c1)Cc1ccc(F)c(Br)c1. The Hall–Kier alpha value is -1.39. The van der Waals surface area contributed by atoms with Crippen LogP contribution in [-0.4, -0.2) is 20.2 Å². The van der Waals surface area contributed by atoms with Gasteiger partial charge < -0.3 is 10.1 Å². The molecule has 2 rings (SSSR count). The molecule has 1 unspecified atom stereocenters. The molecule has 0 aliphatic carbocycles. The van der Waals surface area contributed by atoms with Gasteiger partial charge in [0, 0.05) is 6.04 Å². The van der Waals surface area contributed by atoms with Gasteiger partial charge in [-0.15, -0.1) is 0 Å². The highest BCUT2D eigenvalue weighted by molar-refractivity contribution is 9.10. The zero-order chi connectivity index (χ0) is 15.2. The molecule has 0 saturated heterocycles. The van der Waals surface area contributed by atoms with E-state index in [9.17, 15) is 4.39 Å². The number of hydrogen-bond donors (Lipinski definition) is 1. The summed E-state index contributed by atoms with van der Waals surface area (Å²) in [6.07, 6.45) is 1.73. The van der Waals surface area contributed by atoms with Gasteiger partial charge in [0.05, 0.1) is 11.6 Å². The minimum atomic E-state index is -0.229. The van der Waals surface area contributed by atoms with Crippen LogP contribution >= 0.6 is 15.9 Å². The lowest BCUT2D eigenvalue weighted by Crippen LogP contribution is -2.29. The quantitative estimate of drug-likeness (QED) is 0.850. The first kappa shape index (κ1) is 16.0. The third-order valence-corrected chi connectivity index (χ3v) is 4.10. The maximum absolute atomic E-state index is 13.3. The van der Waals surface area contributed by atoms with Crippen LogP contribution in [-0.2, 0) is 12.8 Å². The van der Waals surface area contributed by atoms with Gasteiger partial charge >= 0.3 is 0 Å². The number of methoxy groups -OCH3 is 1. The predicted octanol–water partition coefficient (Wildman–Crippen LogP) is 3.97. The summed E-state index contributed by atoms with van der Waals surface area (Å²) in [5.41, 5.74) is 2.32. The summed E-state index contributed by atoms with van der Waals surface area (Å²) in [5.74, 6) is 0.638. The second-order valence-corrected chi connectivity index (χ2v) is 5.85. The van der Waals surface area contributed by atoms with Gasteiger partial charge in [0.2, 0.25) is 0 Å².